The fraction of sp³-hybridized carbons (Fsp3) is 0.304. The summed E-state index contributed by atoms with van der Waals surface area (Å²) in [5.41, 5.74) is 14.5. The second-order valence-corrected chi connectivity index (χ2v) is 25.1. The highest BCUT2D eigenvalue weighted by Crippen LogP contribution is 2.64. The van der Waals surface area contributed by atoms with Crippen LogP contribution in [0.25, 0.3) is 0 Å². The van der Waals surface area contributed by atoms with Gasteiger partial charge in [-0.3, -0.25) is 0 Å². The Morgan fingerprint density at radius 1 is 0.402 bits per heavy atom. The number of benzene rings is 8. The summed E-state index contributed by atoms with van der Waals surface area (Å²) in [4.78, 5) is 0. The van der Waals surface area contributed by atoms with Gasteiger partial charge in [-0.25, -0.2) is 0 Å². The maximum absolute atomic E-state index is 13.3. The lowest BCUT2D eigenvalue weighted by atomic mass is 9.68. The van der Waals surface area contributed by atoms with E-state index in [1.54, 1.807) is 30.3 Å². The molecule has 4 heterocycles. The number of phenols is 4. The van der Waals surface area contributed by atoms with Crippen LogP contribution in [0.15, 0.2) is 109 Å². The van der Waals surface area contributed by atoms with Crippen molar-refractivity contribution in [1.29, 1.82) is 0 Å². The molecule has 15 atom stereocenters. The van der Waals surface area contributed by atoms with Crippen LogP contribution in [0.3, 0.4) is 0 Å². The average Bonchev–Trinajstić information content (AvgIpc) is 0.823. The lowest BCUT2D eigenvalue weighted by Gasteiger charge is -2.45. The Hall–Kier alpha value is -6.90. The van der Waals surface area contributed by atoms with E-state index in [1.165, 1.54) is 34.9 Å². The zero-order valence-electron chi connectivity index (χ0n) is 49.8. The molecule has 2 radical (unpaired) electrons. The van der Waals surface area contributed by atoms with E-state index in [0.29, 0.717) is 33.9 Å². The van der Waals surface area contributed by atoms with E-state index >= 15 is 0 Å². The molecular weight excluding hydrogens is 1170 g/mol. The molecule has 87 heavy (non-hydrogen) atoms. The van der Waals surface area contributed by atoms with Crippen LogP contribution in [-0.2, 0) is 6.42 Å². The van der Waals surface area contributed by atoms with Crippen molar-refractivity contribution in [3.05, 3.63) is 204 Å². The van der Waals surface area contributed by atoms with Crippen molar-refractivity contribution >= 4 is 51.2 Å². The van der Waals surface area contributed by atoms with Gasteiger partial charge in [-0.05, 0) is 139 Å². The summed E-state index contributed by atoms with van der Waals surface area (Å²) in [5, 5.41) is 60.9. The minimum absolute atomic E-state index is 0.0393. The molecule has 0 bridgehead atoms. The summed E-state index contributed by atoms with van der Waals surface area (Å²) < 4.78 is 52.1. The topological polar surface area (TPSA) is 175 Å². The van der Waals surface area contributed by atoms with Crippen LogP contribution in [-0.4, -0.2) is 39.5 Å². The zero-order valence-corrected chi connectivity index (χ0v) is 54.5. The lowest BCUT2D eigenvalue weighted by molar-refractivity contribution is 0.00654. The number of rotatable bonds is 11. The standard InChI is InChI=1S/C69H71BO13P4/c1-29-10-14-38(22-33(29)5)62-35(7)24-44-31(3)12-18-42(66(44)76-62)54-36(8)63(39-15-11-30(2)34(6)23-39)77-67-43(19-13-32(4)53(54)67)55-37(9)64(40-16-20-45(71)46(72)25-40)78-68-56(55)47(73)27-48(74)57(68)59-58-51(82-86)28-52(83-87)60(70)69(58)79-65(61(59)75)41-17-21-49(80-84)50(26-41)81-85/h10-23,25-28,35-37,54-55,59,61-65,71-75H,24,84-87H2,1-9H3. The molecule has 4 aliphatic rings. The Morgan fingerprint density at radius 2 is 0.897 bits per heavy atom. The van der Waals surface area contributed by atoms with Crippen molar-refractivity contribution in [2.45, 2.75) is 117 Å². The van der Waals surface area contributed by atoms with Crippen LogP contribution in [0.2, 0.25) is 0 Å². The third kappa shape index (κ3) is 10.2. The maximum atomic E-state index is 13.3. The molecule has 0 spiro atoms. The van der Waals surface area contributed by atoms with E-state index < -0.39 is 47.9 Å². The second kappa shape index (κ2) is 23.6. The van der Waals surface area contributed by atoms with E-state index in [9.17, 15) is 25.5 Å². The van der Waals surface area contributed by atoms with Crippen LogP contribution in [0, 0.1) is 59.3 Å². The van der Waals surface area contributed by atoms with Gasteiger partial charge >= 0.3 is 0 Å². The molecule has 448 valence electrons. The fourth-order valence-corrected chi connectivity index (χ4v) is 14.9. The van der Waals surface area contributed by atoms with Crippen LogP contribution in [0.5, 0.6) is 69.0 Å². The summed E-state index contributed by atoms with van der Waals surface area (Å²) in [6, 6.07) is 34.2. The Balaban J connectivity index is 1.12. The molecule has 5 N–H and O–H groups in total. The van der Waals surface area contributed by atoms with E-state index in [-0.39, 0.29) is 80.7 Å². The number of aliphatic hydroxyl groups is 1. The molecule has 0 aromatic heterocycles. The van der Waals surface area contributed by atoms with Crippen LogP contribution < -0.4 is 42.5 Å². The first-order valence-corrected chi connectivity index (χ1v) is 31.0. The summed E-state index contributed by atoms with van der Waals surface area (Å²) in [5.74, 6) is -1.68. The van der Waals surface area contributed by atoms with Crippen molar-refractivity contribution in [2.24, 2.45) is 17.8 Å². The SMILES string of the molecule is [B]c1c(OP)cc(OP)c2c1OC(c1ccc(OP)c(OP)c1)C(O)C2c1c(O)cc(O)c2c1OC(c1ccc(O)c(O)c1)C(C)C2c1ccc(C)c2c1OC(c1ccc(C)c(C)c1)C(C)C2c1ccc(C)c2c1OC(c1ccc(C)c(C)c1)C(C)C2. The minimum atomic E-state index is -1.55. The van der Waals surface area contributed by atoms with Crippen molar-refractivity contribution in [2.75, 3.05) is 0 Å². The normalized spacial score (nSPS) is 23.5. The number of ether oxygens (including phenoxy) is 4. The smallest absolute Gasteiger partial charge is 0.165 e. The molecule has 12 rings (SSSR count). The first-order valence-electron chi connectivity index (χ1n) is 29.1. The Bertz CT molecular complexity index is 4060. The number of fused-ring (bicyclic) bond motifs is 4. The van der Waals surface area contributed by atoms with E-state index in [0.717, 1.165) is 62.2 Å². The number of hydrogen-bond donors (Lipinski definition) is 5. The fourth-order valence-electron chi connectivity index (χ4n) is 14.2. The molecule has 0 saturated carbocycles. The molecule has 18 heteroatoms. The molecular formula is C69H71BO13P4. The van der Waals surface area contributed by atoms with Gasteiger partial charge in [0.2, 0.25) is 0 Å². The molecule has 8 aromatic carbocycles. The quantitative estimate of drug-likeness (QED) is 0.0470. The van der Waals surface area contributed by atoms with Gasteiger partial charge < -0.3 is 62.6 Å². The number of aryl methyl sites for hydroxylation is 6. The largest absolute Gasteiger partial charge is 0.507 e. The van der Waals surface area contributed by atoms with Gasteiger partial charge in [0.25, 0.3) is 0 Å². The molecule has 0 saturated heterocycles. The monoisotopic (exact) mass is 1240 g/mol. The predicted molar refractivity (Wildman–Crippen MR) is 350 cm³/mol. The Morgan fingerprint density at radius 3 is 1.51 bits per heavy atom. The number of aliphatic hydroxyl groups excluding tert-OH is 1. The summed E-state index contributed by atoms with van der Waals surface area (Å²) in [6.45, 7) is 19.3. The molecule has 15 unspecified atom stereocenters. The van der Waals surface area contributed by atoms with Crippen molar-refractivity contribution in [3.8, 4) is 69.0 Å². The van der Waals surface area contributed by atoms with Gasteiger partial charge in [-0.1, -0.05) is 93.6 Å². The molecule has 8 aromatic rings. The lowest BCUT2D eigenvalue weighted by Crippen LogP contribution is -2.38. The zero-order chi connectivity index (χ0) is 61.8. The molecule has 0 fully saturated rings. The summed E-state index contributed by atoms with van der Waals surface area (Å²) >= 11 is 0. The van der Waals surface area contributed by atoms with Gasteiger partial charge in [0.05, 0.1) is 43.8 Å². The number of phenolic OH excluding ortho intramolecular Hbond substituents is 4. The highest BCUT2D eigenvalue weighted by Gasteiger charge is 2.51. The van der Waals surface area contributed by atoms with E-state index in [4.69, 9.17) is 44.9 Å². The maximum Gasteiger partial charge on any atom is 0.165 e. The van der Waals surface area contributed by atoms with Gasteiger partial charge in [-0.15, -0.1) is 0 Å². The number of hydrogen-bond acceptors (Lipinski definition) is 13. The van der Waals surface area contributed by atoms with Crippen molar-refractivity contribution in [1.82, 2.24) is 0 Å². The van der Waals surface area contributed by atoms with Gasteiger partial charge in [0.15, 0.2) is 29.1 Å². The van der Waals surface area contributed by atoms with E-state index in [2.05, 4.69) is 154 Å². The van der Waals surface area contributed by atoms with Crippen molar-refractivity contribution in [3.63, 3.8) is 0 Å². The Kier molecular flexibility index (Phi) is 16.4. The Labute approximate surface area is 518 Å². The summed E-state index contributed by atoms with van der Waals surface area (Å²) in [6.07, 6.45) is -3.59. The van der Waals surface area contributed by atoms with Gasteiger partial charge in [0, 0.05) is 75.1 Å². The molecule has 13 nitrogen and oxygen atoms in total. The first-order chi connectivity index (χ1) is 41.7. The van der Waals surface area contributed by atoms with E-state index in [1.807, 2.05) is 6.92 Å². The highest BCUT2D eigenvalue weighted by atomic mass is 31.0. The van der Waals surface area contributed by atoms with Crippen LogP contribution in [0.4, 0.5) is 0 Å². The number of aromatic hydroxyl groups is 4. The second-order valence-electron chi connectivity index (χ2n) is 24.2. The third-order valence-corrected chi connectivity index (χ3v) is 20.0. The summed E-state index contributed by atoms with van der Waals surface area (Å²) in [7, 11) is 15.8. The van der Waals surface area contributed by atoms with Crippen LogP contribution in [0.1, 0.15) is 158 Å². The molecule has 0 aliphatic carbocycles. The first kappa shape index (κ1) is 60.4. The van der Waals surface area contributed by atoms with Crippen molar-refractivity contribution < 1.29 is 62.6 Å². The molecule has 0 amide bonds. The average molecular weight is 1240 g/mol. The minimum Gasteiger partial charge on any atom is -0.507 e. The molecule has 4 aliphatic heterocycles. The highest BCUT2D eigenvalue weighted by molar-refractivity contribution is 7.11. The third-order valence-electron chi connectivity index (χ3n) is 19.0. The van der Waals surface area contributed by atoms with Gasteiger partial charge in [0.1, 0.15) is 78.3 Å². The predicted octanol–water partition coefficient (Wildman–Crippen LogP) is 14.6. The van der Waals surface area contributed by atoms with Gasteiger partial charge in [-0.2, -0.15) is 0 Å². The van der Waals surface area contributed by atoms with Crippen LogP contribution >= 0.6 is 37.9 Å².